The lowest BCUT2D eigenvalue weighted by molar-refractivity contribution is -0.127. The molecule has 1 amide bonds. The Hall–Kier alpha value is -1.81. The van der Waals surface area contributed by atoms with E-state index < -0.39 is 0 Å². The van der Waals surface area contributed by atoms with Gasteiger partial charge in [-0.15, -0.1) is 0 Å². The molecule has 0 radical (unpaired) electrons. The molecule has 2 aromatic carbocycles. The van der Waals surface area contributed by atoms with Crippen LogP contribution < -0.4 is 4.74 Å². The molecule has 0 aliphatic heterocycles. The minimum atomic E-state index is 0.0832. The van der Waals surface area contributed by atoms with E-state index in [1.54, 1.807) is 19.0 Å². The zero-order valence-corrected chi connectivity index (χ0v) is 13.8. The lowest BCUT2D eigenvalue weighted by atomic mass is 10.1. The van der Waals surface area contributed by atoms with Crippen molar-refractivity contribution in [3.05, 3.63) is 64.1 Å². The number of likely N-dealkylation sites (N-methyl/N-ethyl adjacent to an activating group) is 1. The summed E-state index contributed by atoms with van der Waals surface area (Å²) in [6.45, 7) is 0.523. The highest BCUT2D eigenvalue weighted by molar-refractivity contribution is 9.10. The lowest BCUT2D eigenvalue weighted by Gasteiger charge is -2.12. The van der Waals surface area contributed by atoms with Gasteiger partial charge in [-0.25, -0.2) is 0 Å². The Labute approximate surface area is 133 Å². The van der Waals surface area contributed by atoms with Crippen LogP contribution in [0.3, 0.4) is 0 Å². The van der Waals surface area contributed by atoms with Crippen LogP contribution in [0.4, 0.5) is 0 Å². The number of hydrogen-bond acceptors (Lipinski definition) is 2. The summed E-state index contributed by atoms with van der Waals surface area (Å²) in [5.74, 6) is 0.861. The van der Waals surface area contributed by atoms with E-state index in [1.165, 1.54) is 0 Å². The average molecular weight is 348 g/mol. The highest BCUT2D eigenvalue weighted by Crippen LogP contribution is 2.27. The molecule has 0 aromatic heterocycles. The first kappa shape index (κ1) is 15.6. The van der Waals surface area contributed by atoms with Crippen LogP contribution in [0.1, 0.15) is 11.1 Å². The normalized spacial score (nSPS) is 10.2. The molecule has 0 saturated heterocycles. The maximum absolute atomic E-state index is 11.7. The van der Waals surface area contributed by atoms with E-state index in [0.717, 1.165) is 21.3 Å². The van der Waals surface area contributed by atoms with E-state index in [2.05, 4.69) is 15.9 Å². The van der Waals surface area contributed by atoms with Crippen LogP contribution in [0.2, 0.25) is 0 Å². The van der Waals surface area contributed by atoms with Crippen molar-refractivity contribution in [1.29, 1.82) is 0 Å². The van der Waals surface area contributed by atoms with Gasteiger partial charge in [0.25, 0.3) is 0 Å². The Morgan fingerprint density at radius 3 is 2.43 bits per heavy atom. The van der Waals surface area contributed by atoms with Gasteiger partial charge in [0, 0.05) is 14.1 Å². The van der Waals surface area contributed by atoms with E-state index >= 15 is 0 Å². The van der Waals surface area contributed by atoms with Crippen molar-refractivity contribution >= 4 is 21.8 Å². The number of nitrogens with zero attached hydrogens (tertiary/aromatic N) is 1. The largest absolute Gasteiger partial charge is 0.488 e. The van der Waals surface area contributed by atoms with Crippen LogP contribution >= 0.6 is 15.9 Å². The maximum atomic E-state index is 11.7. The molecule has 0 atom stereocenters. The zero-order chi connectivity index (χ0) is 15.2. The molecule has 4 heteroatoms. The summed E-state index contributed by atoms with van der Waals surface area (Å²) in [6, 6.07) is 15.8. The average Bonchev–Trinajstić information content (AvgIpc) is 2.47. The van der Waals surface area contributed by atoms with Gasteiger partial charge in [0.05, 0.1) is 10.9 Å². The second-order valence-electron chi connectivity index (χ2n) is 5.00. The van der Waals surface area contributed by atoms with Crippen molar-refractivity contribution in [2.75, 3.05) is 14.1 Å². The first-order valence-corrected chi connectivity index (χ1v) is 7.51. The minimum absolute atomic E-state index is 0.0832. The van der Waals surface area contributed by atoms with Crippen molar-refractivity contribution in [1.82, 2.24) is 4.90 Å². The Balaban J connectivity index is 2.01. The van der Waals surface area contributed by atoms with Crippen LogP contribution in [0, 0.1) is 0 Å². The van der Waals surface area contributed by atoms with Crippen molar-refractivity contribution < 1.29 is 9.53 Å². The molecule has 0 aliphatic rings. The Morgan fingerprint density at radius 2 is 1.81 bits per heavy atom. The molecule has 0 saturated carbocycles. The maximum Gasteiger partial charge on any atom is 0.226 e. The van der Waals surface area contributed by atoms with Crippen LogP contribution in [0.15, 0.2) is 53.0 Å². The highest BCUT2D eigenvalue weighted by atomic mass is 79.9. The molecule has 0 spiro atoms. The fourth-order valence-corrected chi connectivity index (χ4v) is 2.38. The fourth-order valence-electron chi connectivity index (χ4n) is 1.84. The summed E-state index contributed by atoms with van der Waals surface area (Å²) in [5.41, 5.74) is 2.09. The van der Waals surface area contributed by atoms with Gasteiger partial charge in [-0.05, 0) is 39.2 Å². The van der Waals surface area contributed by atoms with Crippen LogP contribution in [0.25, 0.3) is 0 Å². The van der Waals surface area contributed by atoms with Gasteiger partial charge in [0.2, 0.25) is 5.91 Å². The second-order valence-corrected chi connectivity index (χ2v) is 5.86. The van der Waals surface area contributed by atoms with E-state index in [9.17, 15) is 4.79 Å². The summed E-state index contributed by atoms with van der Waals surface area (Å²) in [7, 11) is 3.52. The summed E-state index contributed by atoms with van der Waals surface area (Å²) < 4.78 is 6.65. The number of carbonyl (C=O) groups is 1. The summed E-state index contributed by atoms with van der Waals surface area (Å²) in [5, 5.41) is 0. The number of rotatable bonds is 5. The van der Waals surface area contributed by atoms with Gasteiger partial charge >= 0.3 is 0 Å². The number of ether oxygens (including phenoxy) is 1. The molecule has 0 heterocycles. The predicted molar refractivity (Wildman–Crippen MR) is 87.3 cm³/mol. The van der Waals surface area contributed by atoms with Crippen molar-refractivity contribution in [2.45, 2.75) is 13.0 Å². The monoisotopic (exact) mass is 347 g/mol. The third-order valence-corrected chi connectivity index (χ3v) is 3.71. The molecular formula is C17H18BrNO2. The molecule has 2 aromatic rings. The van der Waals surface area contributed by atoms with E-state index in [0.29, 0.717) is 13.0 Å². The van der Waals surface area contributed by atoms with E-state index in [4.69, 9.17) is 4.74 Å². The topological polar surface area (TPSA) is 29.5 Å². The second kappa shape index (κ2) is 7.27. The number of amides is 1. The van der Waals surface area contributed by atoms with Crippen molar-refractivity contribution in [3.8, 4) is 5.75 Å². The van der Waals surface area contributed by atoms with Crippen LogP contribution in [-0.2, 0) is 17.8 Å². The third kappa shape index (κ3) is 4.60. The third-order valence-electron chi connectivity index (χ3n) is 3.09. The molecule has 0 unspecified atom stereocenters. The fraction of sp³-hybridized carbons (Fsp3) is 0.235. The van der Waals surface area contributed by atoms with Crippen molar-refractivity contribution in [3.63, 3.8) is 0 Å². The molecule has 0 N–H and O–H groups in total. The quantitative estimate of drug-likeness (QED) is 0.825. The Bertz CT molecular complexity index is 611. The lowest BCUT2D eigenvalue weighted by Crippen LogP contribution is -2.23. The first-order valence-electron chi connectivity index (χ1n) is 6.71. The molecular weight excluding hydrogens is 330 g/mol. The molecule has 0 bridgehead atoms. The van der Waals surface area contributed by atoms with Gasteiger partial charge in [0.1, 0.15) is 12.4 Å². The van der Waals surface area contributed by atoms with E-state index in [1.807, 2.05) is 48.5 Å². The molecule has 3 nitrogen and oxygen atoms in total. The minimum Gasteiger partial charge on any atom is -0.488 e. The van der Waals surface area contributed by atoms with E-state index in [-0.39, 0.29) is 5.91 Å². The van der Waals surface area contributed by atoms with Gasteiger partial charge < -0.3 is 9.64 Å². The van der Waals surface area contributed by atoms with Crippen LogP contribution in [-0.4, -0.2) is 24.9 Å². The van der Waals surface area contributed by atoms with Gasteiger partial charge in [-0.1, -0.05) is 36.4 Å². The highest BCUT2D eigenvalue weighted by Gasteiger charge is 2.08. The van der Waals surface area contributed by atoms with Gasteiger partial charge in [-0.2, -0.15) is 0 Å². The molecule has 2 rings (SSSR count). The SMILES string of the molecule is CN(C)C(=O)Cc1ccc(OCc2ccccc2)c(Br)c1. The standard InChI is InChI=1S/C17H18BrNO2/c1-19(2)17(20)11-14-8-9-16(15(18)10-14)21-12-13-6-4-3-5-7-13/h3-10H,11-12H2,1-2H3. The number of halogens is 1. The number of benzene rings is 2. The van der Waals surface area contributed by atoms with Crippen LogP contribution in [0.5, 0.6) is 5.75 Å². The molecule has 21 heavy (non-hydrogen) atoms. The summed E-state index contributed by atoms with van der Waals surface area (Å²) in [6.07, 6.45) is 0.393. The van der Waals surface area contributed by atoms with Crippen molar-refractivity contribution in [2.24, 2.45) is 0 Å². The van der Waals surface area contributed by atoms with Gasteiger partial charge in [0.15, 0.2) is 0 Å². The number of carbonyl (C=O) groups excluding carboxylic acids is 1. The molecule has 0 fully saturated rings. The zero-order valence-electron chi connectivity index (χ0n) is 12.2. The predicted octanol–water partition coefficient (Wildman–Crippen LogP) is 3.66. The summed E-state index contributed by atoms with van der Waals surface area (Å²) >= 11 is 3.50. The molecule has 0 aliphatic carbocycles. The Morgan fingerprint density at radius 1 is 1.10 bits per heavy atom. The Kier molecular flexibility index (Phi) is 5.39. The first-order chi connectivity index (χ1) is 10.1. The smallest absolute Gasteiger partial charge is 0.226 e. The summed E-state index contributed by atoms with van der Waals surface area (Å²) in [4.78, 5) is 13.3. The number of hydrogen-bond donors (Lipinski definition) is 0. The van der Waals surface area contributed by atoms with Gasteiger partial charge in [-0.3, -0.25) is 4.79 Å². The molecule has 110 valence electrons.